The summed E-state index contributed by atoms with van der Waals surface area (Å²) in [6.07, 6.45) is 15.7. The van der Waals surface area contributed by atoms with Crippen LogP contribution in [-0.4, -0.2) is 17.2 Å². The molecular formula is C37H52O3. The van der Waals surface area contributed by atoms with Crippen LogP contribution < -0.4 is 0 Å². The van der Waals surface area contributed by atoms with Crippen LogP contribution in [0.2, 0.25) is 0 Å². The molecule has 0 aliphatic heterocycles. The van der Waals surface area contributed by atoms with Crippen molar-refractivity contribution in [2.75, 3.05) is 0 Å². The van der Waals surface area contributed by atoms with Crippen LogP contribution in [0.25, 0.3) is 0 Å². The molecule has 3 nitrogen and oxygen atoms in total. The summed E-state index contributed by atoms with van der Waals surface area (Å²) in [7, 11) is 0. The predicted molar refractivity (Wildman–Crippen MR) is 161 cm³/mol. The molecule has 3 fully saturated rings. The van der Waals surface area contributed by atoms with Crippen LogP contribution in [0.5, 0.6) is 0 Å². The molecule has 1 aromatic rings. The minimum Gasteiger partial charge on any atom is -0.460 e. The molecule has 5 aliphatic rings. The lowest BCUT2D eigenvalue weighted by atomic mass is 9.34. The van der Waals surface area contributed by atoms with E-state index in [1.807, 2.05) is 30.3 Å². The lowest BCUT2D eigenvalue weighted by Gasteiger charge is -2.70. The molecule has 1 N–H and O–H groups in total. The molecule has 0 amide bonds. The van der Waals surface area contributed by atoms with Crippen LogP contribution in [0.15, 0.2) is 54.1 Å². The topological polar surface area (TPSA) is 46.5 Å². The Morgan fingerprint density at radius 3 is 2.35 bits per heavy atom. The van der Waals surface area contributed by atoms with Gasteiger partial charge in [0.1, 0.15) is 6.61 Å². The summed E-state index contributed by atoms with van der Waals surface area (Å²) in [5, 5.41) is 10.9. The first-order valence-electron chi connectivity index (χ1n) is 16.0. The van der Waals surface area contributed by atoms with Gasteiger partial charge in [0.2, 0.25) is 0 Å². The molecule has 40 heavy (non-hydrogen) atoms. The van der Waals surface area contributed by atoms with E-state index in [1.165, 1.54) is 25.7 Å². The summed E-state index contributed by atoms with van der Waals surface area (Å²) in [4.78, 5) is 13.6. The van der Waals surface area contributed by atoms with Crippen LogP contribution in [0.1, 0.15) is 105 Å². The van der Waals surface area contributed by atoms with Crippen molar-refractivity contribution >= 4 is 5.97 Å². The largest absolute Gasteiger partial charge is 0.460 e. The third-order valence-electron chi connectivity index (χ3n) is 14.0. The zero-order valence-corrected chi connectivity index (χ0v) is 26.1. The number of rotatable bonds is 3. The Labute approximate surface area is 242 Å². The average molecular weight is 545 g/mol. The van der Waals surface area contributed by atoms with Crippen LogP contribution >= 0.6 is 0 Å². The molecule has 3 saturated carbocycles. The first kappa shape index (κ1) is 28.3. The number of benzene rings is 1. The molecular weight excluding hydrogens is 492 g/mol. The van der Waals surface area contributed by atoms with E-state index in [-0.39, 0.29) is 39.1 Å². The summed E-state index contributed by atoms with van der Waals surface area (Å²) in [6, 6.07) is 10.1. The van der Waals surface area contributed by atoms with Gasteiger partial charge < -0.3 is 9.84 Å². The number of allylic oxidation sites excluding steroid dienone is 3. The van der Waals surface area contributed by atoms with Gasteiger partial charge in [0.15, 0.2) is 0 Å². The monoisotopic (exact) mass is 544 g/mol. The number of carbonyl (C=O) groups excluding carboxylic acids is 1. The summed E-state index contributed by atoms with van der Waals surface area (Å²) in [5.41, 5.74) is 2.84. The van der Waals surface area contributed by atoms with Crippen molar-refractivity contribution in [2.24, 2.45) is 50.2 Å². The van der Waals surface area contributed by atoms with E-state index in [9.17, 15) is 9.90 Å². The summed E-state index contributed by atoms with van der Waals surface area (Å²) in [6.45, 7) is 17.3. The molecule has 0 radical (unpaired) electrons. The van der Waals surface area contributed by atoms with Crippen molar-refractivity contribution in [3.8, 4) is 0 Å². The lowest BCUT2D eigenvalue weighted by Crippen LogP contribution is -2.63. The SMILES string of the molecule is CC1(C)C(O)C=C[C@]2(C)[C@H]3CC=C4[C@@H]5C[C@@](C)(C(=O)OCc6ccccc6)CC[C@]5(C)CC[C@@]4(C)[C@]3(C)CC[C@@H]12. The van der Waals surface area contributed by atoms with E-state index >= 15 is 0 Å². The lowest BCUT2D eigenvalue weighted by molar-refractivity contribution is -0.171. The number of hydrogen-bond donors (Lipinski definition) is 1. The zero-order valence-electron chi connectivity index (χ0n) is 26.1. The number of fused-ring (bicyclic) bond motifs is 7. The minimum absolute atomic E-state index is 0.0210. The maximum Gasteiger partial charge on any atom is 0.312 e. The third-order valence-corrected chi connectivity index (χ3v) is 14.0. The van der Waals surface area contributed by atoms with E-state index in [0.717, 1.165) is 31.2 Å². The Kier molecular flexibility index (Phi) is 6.40. The van der Waals surface area contributed by atoms with Crippen molar-refractivity contribution < 1.29 is 14.6 Å². The maximum absolute atomic E-state index is 13.6. The molecule has 0 saturated heterocycles. The highest BCUT2D eigenvalue weighted by molar-refractivity contribution is 5.76. The number of esters is 1. The molecule has 5 aliphatic carbocycles. The zero-order chi connectivity index (χ0) is 28.8. The third kappa shape index (κ3) is 3.81. The number of hydrogen-bond acceptors (Lipinski definition) is 3. The molecule has 1 aromatic carbocycles. The standard InChI is InChI=1S/C37H52O3/c1-32(2)28-15-18-37(7)29(35(28,5)17-16-30(32)38)14-13-26-27-23-34(4,20-19-33(27,3)21-22-36(26,37)6)31(39)40-24-25-11-9-8-10-12-25/h8-13,16-17,27-30,38H,14-15,18-24H2,1-7H3/t27-,28-,29+,30?,33+,34-,35-,36+,37+/m0/s1. The highest BCUT2D eigenvalue weighted by atomic mass is 16.5. The quantitative estimate of drug-likeness (QED) is 0.306. The van der Waals surface area contributed by atoms with Crippen molar-refractivity contribution in [3.63, 3.8) is 0 Å². The first-order chi connectivity index (χ1) is 18.7. The molecule has 1 unspecified atom stereocenters. The van der Waals surface area contributed by atoms with Gasteiger partial charge in [0.05, 0.1) is 11.5 Å². The highest BCUT2D eigenvalue weighted by Crippen LogP contribution is 2.75. The van der Waals surface area contributed by atoms with Crippen molar-refractivity contribution in [1.82, 2.24) is 0 Å². The summed E-state index contributed by atoms with van der Waals surface area (Å²) < 4.78 is 5.96. The summed E-state index contributed by atoms with van der Waals surface area (Å²) >= 11 is 0. The Morgan fingerprint density at radius 1 is 0.925 bits per heavy atom. The van der Waals surface area contributed by atoms with Crippen molar-refractivity contribution in [3.05, 3.63) is 59.7 Å². The van der Waals surface area contributed by atoms with E-state index in [0.29, 0.717) is 24.4 Å². The second-order valence-corrected chi connectivity index (χ2v) is 16.3. The average Bonchev–Trinajstić information content (AvgIpc) is 2.91. The van der Waals surface area contributed by atoms with E-state index in [1.54, 1.807) is 5.57 Å². The van der Waals surface area contributed by atoms with E-state index < -0.39 is 5.41 Å². The molecule has 218 valence electrons. The van der Waals surface area contributed by atoms with Gasteiger partial charge in [0.25, 0.3) is 0 Å². The Bertz CT molecular complexity index is 1230. The number of aliphatic hydroxyl groups excluding tert-OH is 1. The molecule has 0 spiro atoms. The van der Waals surface area contributed by atoms with Gasteiger partial charge in [-0.05, 0) is 109 Å². The molecule has 0 aromatic heterocycles. The smallest absolute Gasteiger partial charge is 0.312 e. The molecule has 6 rings (SSSR count). The fraction of sp³-hybridized carbons (Fsp3) is 0.703. The second kappa shape index (κ2) is 9.06. The molecule has 0 bridgehead atoms. The van der Waals surface area contributed by atoms with Gasteiger partial charge in [0, 0.05) is 0 Å². The maximum atomic E-state index is 13.6. The van der Waals surface area contributed by atoms with Crippen LogP contribution in [0.4, 0.5) is 0 Å². The van der Waals surface area contributed by atoms with Gasteiger partial charge in [-0.2, -0.15) is 0 Å². The van der Waals surface area contributed by atoms with Crippen molar-refractivity contribution in [1.29, 1.82) is 0 Å². The number of ether oxygens (including phenoxy) is 1. The van der Waals surface area contributed by atoms with Crippen molar-refractivity contribution in [2.45, 2.75) is 113 Å². The number of carbonyl (C=O) groups is 1. The molecule has 0 heterocycles. The van der Waals surface area contributed by atoms with Gasteiger partial charge in [-0.3, -0.25) is 4.79 Å². The second-order valence-electron chi connectivity index (χ2n) is 16.3. The Balaban J connectivity index is 1.31. The minimum atomic E-state index is -0.439. The fourth-order valence-corrected chi connectivity index (χ4v) is 10.9. The summed E-state index contributed by atoms with van der Waals surface area (Å²) in [5.74, 6) is 1.46. The van der Waals surface area contributed by atoms with Crippen LogP contribution in [0.3, 0.4) is 0 Å². The Hall–Kier alpha value is -1.87. The molecule has 9 atom stereocenters. The van der Waals surface area contributed by atoms with Gasteiger partial charge in [-0.15, -0.1) is 0 Å². The predicted octanol–water partition coefficient (Wildman–Crippen LogP) is 8.67. The normalized spacial score (nSPS) is 47.1. The van der Waals surface area contributed by atoms with E-state index in [2.05, 4.69) is 66.7 Å². The molecule has 3 heteroatoms. The highest BCUT2D eigenvalue weighted by Gasteiger charge is 2.67. The number of aliphatic hydroxyl groups is 1. The van der Waals surface area contributed by atoms with Crippen LogP contribution in [-0.2, 0) is 16.1 Å². The first-order valence-corrected chi connectivity index (χ1v) is 16.0. The Morgan fingerprint density at radius 2 is 1.62 bits per heavy atom. The van der Waals surface area contributed by atoms with Gasteiger partial charge in [-0.1, -0.05) is 95.7 Å². The van der Waals surface area contributed by atoms with Gasteiger partial charge in [-0.25, -0.2) is 0 Å². The van der Waals surface area contributed by atoms with Crippen LogP contribution in [0, 0.1) is 50.2 Å². The van der Waals surface area contributed by atoms with Gasteiger partial charge >= 0.3 is 5.97 Å². The fourth-order valence-electron chi connectivity index (χ4n) is 10.9. The van der Waals surface area contributed by atoms with E-state index in [4.69, 9.17) is 4.74 Å².